The number of methoxy groups -OCH3 is 1. The van der Waals surface area contributed by atoms with Crippen LogP contribution in [-0.2, 0) is 6.54 Å². The highest BCUT2D eigenvalue weighted by Crippen LogP contribution is 2.25. The van der Waals surface area contributed by atoms with Crippen LogP contribution in [0.5, 0.6) is 5.75 Å². The van der Waals surface area contributed by atoms with Gasteiger partial charge in [0.2, 0.25) is 0 Å². The predicted octanol–water partition coefficient (Wildman–Crippen LogP) is 0.985. The third kappa shape index (κ3) is 1.32. The molecule has 3 N–H and O–H groups in total. The maximum Gasteiger partial charge on any atom is 0.145 e. The van der Waals surface area contributed by atoms with E-state index < -0.39 is 0 Å². The maximum absolute atomic E-state index is 5.24. The van der Waals surface area contributed by atoms with Crippen LogP contribution in [0.3, 0.4) is 0 Å². The summed E-state index contributed by atoms with van der Waals surface area (Å²) in [6.07, 6.45) is 1.78. The van der Waals surface area contributed by atoms with Crippen LogP contribution in [0.15, 0.2) is 30.5 Å². The largest absolute Gasteiger partial charge is 0.494 e. The molecular formula is C11H13N2O+. The lowest BCUT2D eigenvalue weighted by atomic mass is 10.1. The highest BCUT2D eigenvalue weighted by molar-refractivity contribution is 5.87. The van der Waals surface area contributed by atoms with E-state index in [-0.39, 0.29) is 0 Å². The van der Waals surface area contributed by atoms with Crippen molar-refractivity contribution >= 4 is 10.9 Å². The highest BCUT2D eigenvalue weighted by Gasteiger charge is 2.06. The zero-order valence-corrected chi connectivity index (χ0v) is 8.16. The first-order valence-corrected chi connectivity index (χ1v) is 4.56. The van der Waals surface area contributed by atoms with Crippen molar-refractivity contribution in [1.29, 1.82) is 0 Å². The third-order valence-electron chi connectivity index (χ3n) is 2.31. The van der Waals surface area contributed by atoms with Crippen LogP contribution >= 0.6 is 0 Å². The van der Waals surface area contributed by atoms with E-state index in [1.54, 1.807) is 13.3 Å². The van der Waals surface area contributed by atoms with Gasteiger partial charge in [0.05, 0.1) is 7.11 Å². The summed E-state index contributed by atoms with van der Waals surface area (Å²) in [4.78, 5) is 4.31. The number of pyridine rings is 1. The van der Waals surface area contributed by atoms with Gasteiger partial charge in [-0.25, -0.2) is 0 Å². The molecule has 1 aromatic carbocycles. The number of hydrogen-bond acceptors (Lipinski definition) is 2. The number of aromatic nitrogens is 1. The molecule has 14 heavy (non-hydrogen) atoms. The van der Waals surface area contributed by atoms with Crippen LogP contribution in [0.1, 0.15) is 5.56 Å². The van der Waals surface area contributed by atoms with Crippen LogP contribution in [0.4, 0.5) is 0 Å². The average molecular weight is 189 g/mol. The van der Waals surface area contributed by atoms with Gasteiger partial charge in [-0.05, 0) is 18.2 Å². The number of fused-ring (bicyclic) bond motifs is 1. The number of benzene rings is 1. The van der Waals surface area contributed by atoms with Crippen molar-refractivity contribution in [3.05, 3.63) is 36.0 Å². The Labute approximate surface area is 82.5 Å². The number of rotatable bonds is 2. The minimum Gasteiger partial charge on any atom is -0.494 e. The van der Waals surface area contributed by atoms with Gasteiger partial charge in [0, 0.05) is 17.1 Å². The Balaban J connectivity index is 2.78. The molecule has 0 saturated carbocycles. The van der Waals surface area contributed by atoms with Crippen molar-refractivity contribution in [3.63, 3.8) is 0 Å². The summed E-state index contributed by atoms with van der Waals surface area (Å²) in [6.45, 7) is 0.770. The molecule has 3 nitrogen and oxygen atoms in total. The molecule has 0 radical (unpaired) electrons. The Morgan fingerprint density at radius 1 is 1.36 bits per heavy atom. The Kier molecular flexibility index (Phi) is 2.33. The maximum atomic E-state index is 5.24. The van der Waals surface area contributed by atoms with E-state index in [4.69, 9.17) is 4.74 Å². The number of ether oxygens (including phenoxy) is 1. The van der Waals surface area contributed by atoms with E-state index >= 15 is 0 Å². The van der Waals surface area contributed by atoms with Crippen molar-refractivity contribution in [2.75, 3.05) is 7.11 Å². The molecule has 1 heterocycles. The van der Waals surface area contributed by atoms with E-state index in [0.717, 1.165) is 23.2 Å². The molecule has 2 rings (SSSR count). The van der Waals surface area contributed by atoms with E-state index in [0.29, 0.717) is 0 Å². The van der Waals surface area contributed by atoms with Gasteiger partial charge in [-0.15, -0.1) is 0 Å². The molecule has 1 aromatic heterocycles. The lowest BCUT2D eigenvalue weighted by Crippen LogP contribution is -2.47. The SMILES string of the molecule is COc1ccc(C[NH3+])c2cccnc12. The lowest BCUT2D eigenvalue weighted by molar-refractivity contribution is -0.386. The summed E-state index contributed by atoms with van der Waals surface area (Å²) in [5.41, 5.74) is 6.01. The van der Waals surface area contributed by atoms with Gasteiger partial charge in [0.1, 0.15) is 17.8 Å². The Hall–Kier alpha value is -1.61. The summed E-state index contributed by atoms with van der Waals surface area (Å²) in [7, 11) is 1.66. The zero-order chi connectivity index (χ0) is 9.97. The quantitative estimate of drug-likeness (QED) is 0.765. The van der Waals surface area contributed by atoms with Crippen molar-refractivity contribution in [3.8, 4) is 5.75 Å². The molecule has 0 saturated heterocycles. The summed E-state index contributed by atoms with van der Waals surface area (Å²) in [6, 6.07) is 7.96. The third-order valence-corrected chi connectivity index (χ3v) is 2.31. The smallest absolute Gasteiger partial charge is 0.145 e. The molecule has 0 aliphatic heterocycles. The molecular weight excluding hydrogens is 176 g/mol. The Morgan fingerprint density at radius 3 is 2.93 bits per heavy atom. The van der Waals surface area contributed by atoms with Crippen LogP contribution < -0.4 is 10.5 Å². The molecule has 0 bridgehead atoms. The topological polar surface area (TPSA) is 49.8 Å². The van der Waals surface area contributed by atoms with Gasteiger partial charge in [-0.3, -0.25) is 4.98 Å². The second-order valence-electron chi connectivity index (χ2n) is 3.08. The molecule has 0 atom stereocenters. The first-order valence-electron chi connectivity index (χ1n) is 4.56. The van der Waals surface area contributed by atoms with E-state index in [1.165, 1.54) is 5.56 Å². The Bertz CT molecular complexity index is 411. The molecule has 0 aliphatic carbocycles. The molecule has 2 aromatic rings. The molecule has 3 heteroatoms. The minimum absolute atomic E-state index is 0.770. The summed E-state index contributed by atoms with van der Waals surface area (Å²) >= 11 is 0. The molecule has 72 valence electrons. The monoisotopic (exact) mass is 189 g/mol. The average Bonchev–Trinajstić information content (AvgIpc) is 2.27. The zero-order valence-electron chi connectivity index (χ0n) is 8.16. The van der Waals surface area contributed by atoms with Crippen LogP contribution in [0, 0.1) is 0 Å². The fourth-order valence-corrected chi connectivity index (χ4v) is 1.59. The molecule has 0 spiro atoms. The van der Waals surface area contributed by atoms with Crippen molar-refractivity contribution < 1.29 is 10.5 Å². The first kappa shape index (κ1) is 8.97. The standard InChI is InChI=1S/C11H12N2O/c1-14-10-5-4-8(7-12)9-3-2-6-13-11(9)10/h2-6H,7,12H2,1H3/p+1. The molecule has 0 aliphatic rings. The molecule has 0 unspecified atom stereocenters. The fraction of sp³-hybridized carbons (Fsp3) is 0.182. The van der Waals surface area contributed by atoms with Gasteiger partial charge in [-0.1, -0.05) is 6.07 Å². The highest BCUT2D eigenvalue weighted by atomic mass is 16.5. The predicted molar refractivity (Wildman–Crippen MR) is 54.9 cm³/mol. The van der Waals surface area contributed by atoms with Crippen molar-refractivity contribution in [2.45, 2.75) is 6.54 Å². The lowest BCUT2D eigenvalue weighted by Gasteiger charge is -2.06. The van der Waals surface area contributed by atoms with Crippen LogP contribution in [-0.4, -0.2) is 12.1 Å². The second kappa shape index (κ2) is 3.64. The van der Waals surface area contributed by atoms with Gasteiger partial charge in [-0.2, -0.15) is 0 Å². The van der Waals surface area contributed by atoms with Crippen molar-refractivity contribution in [1.82, 2.24) is 4.98 Å². The Morgan fingerprint density at radius 2 is 2.21 bits per heavy atom. The van der Waals surface area contributed by atoms with Crippen LogP contribution in [0.2, 0.25) is 0 Å². The number of quaternary nitrogens is 1. The van der Waals surface area contributed by atoms with E-state index in [2.05, 4.69) is 10.7 Å². The van der Waals surface area contributed by atoms with Crippen molar-refractivity contribution in [2.24, 2.45) is 0 Å². The van der Waals surface area contributed by atoms with E-state index in [1.807, 2.05) is 24.3 Å². The van der Waals surface area contributed by atoms with Gasteiger partial charge in [0.25, 0.3) is 0 Å². The second-order valence-corrected chi connectivity index (χ2v) is 3.08. The summed E-state index contributed by atoms with van der Waals surface area (Å²) in [5, 5.41) is 1.13. The minimum atomic E-state index is 0.770. The van der Waals surface area contributed by atoms with Gasteiger partial charge >= 0.3 is 0 Å². The summed E-state index contributed by atoms with van der Waals surface area (Å²) < 4.78 is 5.24. The summed E-state index contributed by atoms with van der Waals surface area (Å²) in [5.74, 6) is 0.817. The van der Waals surface area contributed by atoms with Gasteiger partial charge < -0.3 is 10.5 Å². The van der Waals surface area contributed by atoms with E-state index in [9.17, 15) is 0 Å². The molecule has 0 fully saturated rings. The fourth-order valence-electron chi connectivity index (χ4n) is 1.59. The van der Waals surface area contributed by atoms with Crippen LogP contribution in [0.25, 0.3) is 10.9 Å². The molecule has 0 amide bonds. The number of hydrogen-bond donors (Lipinski definition) is 1. The normalized spacial score (nSPS) is 10.4. The van der Waals surface area contributed by atoms with Gasteiger partial charge in [0.15, 0.2) is 0 Å². The number of nitrogens with zero attached hydrogens (tertiary/aromatic N) is 1. The first-order chi connectivity index (χ1) is 6.86.